The number of hydrogen-bond donors (Lipinski definition) is 2. The number of carbonyl (C=O) groups is 1. The molecule has 0 radical (unpaired) electrons. The minimum absolute atomic E-state index is 0.0775. The van der Waals surface area contributed by atoms with Crippen LogP contribution in [0, 0.1) is 0 Å². The fraction of sp³-hybridized carbons (Fsp3) is 0.346. The smallest absolute Gasteiger partial charge is 0.491 e. The van der Waals surface area contributed by atoms with Crippen LogP contribution in [0.2, 0.25) is 0 Å². The van der Waals surface area contributed by atoms with Gasteiger partial charge in [0.2, 0.25) is 5.06 Å². The predicted molar refractivity (Wildman–Crippen MR) is 143 cm³/mol. The maximum absolute atomic E-state index is 13.2. The van der Waals surface area contributed by atoms with E-state index in [4.69, 9.17) is 9.47 Å². The number of ether oxygens (including phenoxy) is 3. The Morgan fingerprint density at radius 2 is 1.83 bits per heavy atom. The molecule has 1 aromatic heterocycles. The monoisotopic (exact) mass is 532 g/mol. The summed E-state index contributed by atoms with van der Waals surface area (Å²) in [6.45, 7) is 3.36. The van der Waals surface area contributed by atoms with Gasteiger partial charge in [-0.2, -0.15) is 0 Å². The molecule has 0 saturated carbocycles. The second-order valence-corrected chi connectivity index (χ2v) is 10.5. The van der Waals surface area contributed by atoms with E-state index in [0.29, 0.717) is 18.8 Å². The Bertz CT molecular complexity index is 1210. The topological polar surface area (TPSA) is 103 Å². The van der Waals surface area contributed by atoms with Crippen LogP contribution in [0.4, 0.5) is 16.2 Å². The van der Waals surface area contributed by atoms with Crippen molar-refractivity contribution in [3.8, 4) is 10.8 Å². The number of benzene rings is 2. The summed E-state index contributed by atoms with van der Waals surface area (Å²) in [6, 6.07) is 16.5. The molecular formula is C26H32N2O6S2. The van der Waals surface area contributed by atoms with Gasteiger partial charge in [-0.05, 0) is 35.6 Å². The van der Waals surface area contributed by atoms with E-state index in [1.807, 2.05) is 30.3 Å². The van der Waals surface area contributed by atoms with Crippen LogP contribution in [-0.2, 0) is 21.2 Å². The van der Waals surface area contributed by atoms with Gasteiger partial charge in [-0.3, -0.25) is 4.72 Å². The van der Waals surface area contributed by atoms with Gasteiger partial charge in [0.15, 0.2) is 0 Å². The summed E-state index contributed by atoms with van der Waals surface area (Å²) in [7, 11) is -2.91. The van der Waals surface area contributed by atoms with E-state index >= 15 is 0 Å². The van der Waals surface area contributed by atoms with Crippen molar-refractivity contribution in [3.05, 3.63) is 65.5 Å². The number of sulfonamides is 1. The van der Waals surface area contributed by atoms with Crippen molar-refractivity contribution in [2.24, 2.45) is 0 Å². The summed E-state index contributed by atoms with van der Waals surface area (Å²) >= 11 is 0.980. The fourth-order valence-corrected chi connectivity index (χ4v) is 5.68. The molecular weight excluding hydrogens is 500 g/mol. The highest BCUT2D eigenvalue weighted by Crippen LogP contribution is 2.35. The van der Waals surface area contributed by atoms with Crippen molar-refractivity contribution in [2.75, 3.05) is 30.3 Å². The van der Waals surface area contributed by atoms with Crippen molar-refractivity contribution in [3.63, 3.8) is 0 Å². The van der Waals surface area contributed by atoms with Crippen molar-refractivity contribution >= 4 is 38.9 Å². The Balaban J connectivity index is 1.77. The Morgan fingerprint density at radius 1 is 1.03 bits per heavy atom. The van der Waals surface area contributed by atoms with Gasteiger partial charge < -0.3 is 19.5 Å². The van der Waals surface area contributed by atoms with Gasteiger partial charge in [0.05, 0.1) is 19.4 Å². The zero-order chi connectivity index (χ0) is 25.8. The van der Waals surface area contributed by atoms with E-state index in [-0.39, 0.29) is 15.6 Å². The second-order valence-electron chi connectivity index (χ2n) is 8.02. The van der Waals surface area contributed by atoms with Crippen LogP contribution in [-0.4, -0.2) is 34.8 Å². The van der Waals surface area contributed by atoms with E-state index in [1.54, 1.807) is 18.2 Å². The van der Waals surface area contributed by atoms with E-state index in [1.165, 1.54) is 24.3 Å². The Morgan fingerprint density at radius 3 is 2.58 bits per heavy atom. The SMILES string of the molecule is CCCCCCNc1ccc(NS(=O)(=O)c2ccsc2OC(=O)OC)c(OCCc2ccccc2)c1. The van der Waals surface area contributed by atoms with Gasteiger partial charge in [-0.15, -0.1) is 11.3 Å². The number of carbonyl (C=O) groups excluding carboxylic acids is 1. The molecule has 0 aliphatic rings. The summed E-state index contributed by atoms with van der Waals surface area (Å²) in [5.74, 6) is 0.402. The summed E-state index contributed by atoms with van der Waals surface area (Å²) in [6.07, 6.45) is 4.24. The van der Waals surface area contributed by atoms with Gasteiger partial charge in [-0.1, -0.05) is 56.5 Å². The summed E-state index contributed by atoms with van der Waals surface area (Å²) in [5, 5.41) is 4.83. The molecule has 3 aromatic rings. The lowest BCUT2D eigenvalue weighted by Gasteiger charge is -2.16. The van der Waals surface area contributed by atoms with Crippen molar-refractivity contribution in [1.29, 1.82) is 0 Å². The quantitative estimate of drug-likeness (QED) is 0.185. The van der Waals surface area contributed by atoms with E-state index in [9.17, 15) is 13.2 Å². The first kappa shape index (κ1) is 27.3. The van der Waals surface area contributed by atoms with Gasteiger partial charge in [0, 0.05) is 24.7 Å². The number of thiophene rings is 1. The molecule has 0 aliphatic heterocycles. The molecule has 0 fully saturated rings. The highest BCUT2D eigenvalue weighted by Gasteiger charge is 2.24. The molecule has 36 heavy (non-hydrogen) atoms. The average Bonchev–Trinajstić information content (AvgIpc) is 3.35. The molecule has 0 bridgehead atoms. The molecule has 2 N–H and O–H groups in total. The van der Waals surface area contributed by atoms with Gasteiger partial charge in [0.25, 0.3) is 10.0 Å². The molecule has 10 heteroatoms. The second kappa shape index (κ2) is 13.7. The van der Waals surface area contributed by atoms with E-state index < -0.39 is 16.2 Å². The number of nitrogens with one attached hydrogen (secondary N) is 2. The predicted octanol–water partition coefficient (Wildman–Crippen LogP) is 6.31. The van der Waals surface area contributed by atoms with Gasteiger partial charge in [-0.25, -0.2) is 13.2 Å². The lowest BCUT2D eigenvalue weighted by Crippen LogP contribution is -2.16. The third kappa shape index (κ3) is 8.17. The van der Waals surface area contributed by atoms with Crippen LogP contribution < -0.4 is 19.5 Å². The molecule has 0 saturated heterocycles. The first-order chi connectivity index (χ1) is 17.4. The summed E-state index contributed by atoms with van der Waals surface area (Å²) < 4.78 is 44.4. The van der Waals surface area contributed by atoms with Crippen LogP contribution in [0.25, 0.3) is 0 Å². The molecule has 2 aromatic carbocycles. The number of methoxy groups -OCH3 is 1. The zero-order valence-corrected chi connectivity index (χ0v) is 22.1. The number of hydrogen-bond acceptors (Lipinski definition) is 8. The summed E-state index contributed by atoms with van der Waals surface area (Å²) in [4.78, 5) is 11.3. The average molecular weight is 533 g/mol. The van der Waals surface area contributed by atoms with Crippen LogP contribution in [0.5, 0.6) is 10.8 Å². The molecule has 0 spiro atoms. The zero-order valence-electron chi connectivity index (χ0n) is 20.5. The third-order valence-corrected chi connectivity index (χ3v) is 7.61. The highest BCUT2D eigenvalue weighted by atomic mass is 32.2. The van der Waals surface area contributed by atoms with Crippen molar-refractivity contribution in [2.45, 2.75) is 43.9 Å². The third-order valence-electron chi connectivity index (χ3n) is 5.30. The molecule has 1 heterocycles. The Labute approximate surface area is 216 Å². The molecule has 0 aliphatic carbocycles. The molecule has 3 rings (SSSR count). The first-order valence-electron chi connectivity index (χ1n) is 11.8. The van der Waals surface area contributed by atoms with Crippen LogP contribution in [0.15, 0.2) is 64.9 Å². The first-order valence-corrected chi connectivity index (χ1v) is 14.2. The number of rotatable bonds is 14. The van der Waals surface area contributed by atoms with Crippen LogP contribution >= 0.6 is 11.3 Å². The van der Waals surface area contributed by atoms with E-state index in [0.717, 1.165) is 49.1 Å². The van der Waals surface area contributed by atoms with Crippen molar-refractivity contribution in [1.82, 2.24) is 0 Å². The Kier molecular flexibility index (Phi) is 10.4. The molecule has 194 valence electrons. The van der Waals surface area contributed by atoms with Crippen LogP contribution in [0.1, 0.15) is 38.2 Å². The van der Waals surface area contributed by atoms with E-state index in [2.05, 4.69) is 21.7 Å². The van der Waals surface area contributed by atoms with Crippen LogP contribution in [0.3, 0.4) is 0 Å². The fourth-order valence-electron chi connectivity index (χ4n) is 3.42. The van der Waals surface area contributed by atoms with Gasteiger partial charge in [0.1, 0.15) is 10.6 Å². The number of unbranched alkanes of at least 4 members (excludes halogenated alkanes) is 3. The van der Waals surface area contributed by atoms with Crippen molar-refractivity contribution < 1.29 is 27.4 Å². The minimum Gasteiger partial charge on any atom is -0.491 e. The standard InChI is InChI=1S/C26H32N2O6S2/c1-3-4-5-9-16-27-21-12-13-22(23(19-21)33-17-14-20-10-7-6-8-11-20)28-36(30,31)24-15-18-35-25(24)34-26(29)32-2/h6-8,10-13,15,18-19,27-28H,3-5,9,14,16-17H2,1-2H3. The molecule has 8 nitrogen and oxygen atoms in total. The minimum atomic E-state index is -4.07. The molecule has 0 atom stereocenters. The normalized spacial score (nSPS) is 11.1. The largest absolute Gasteiger partial charge is 0.514 e. The van der Waals surface area contributed by atoms with Gasteiger partial charge >= 0.3 is 6.16 Å². The number of anilines is 2. The Hall–Kier alpha value is -3.24. The molecule has 0 amide bonds. The maximum Gasteiger partial charge on any atom is 0.514 e. The summed E-state index contributed by atoms with van der Waals surface area (Å²) in [5.41, 5.74) is 2.25. The molecule has 0 unspecified atom stereocenters. The lowest BCUT2D eigenvalue weighted by atomic mass is 10.2. The lowest BCUT2D eigenvalue weighted by molar-refractivity contribution is 0.122. The highest BCUT2D eigenvalue weighted by molar-refractivity contribution is 7.93. The maximum atomic E-state index is 13.2.